The van der Waals surface area contributed by atoms with Gasteiger partial charge in [0.05, 0.1) is 0 Å². The van der Waals surface area contributed by atoms with Crippen molar-refractivity contribution >= 4 is 26.6 Å². The largest absolute Gasteiger partial charge is 0.345 e. The number of benzene rings is 1. The van der Waals surface area contributed by atoms with Gasteiger partial charge in [-0.3, -0.25) is 4.79 Å². The van der Waals surface area contributed by atoms with Gasteiger partial charge >= 0.3 is 0 Å². The van der Waals surface area contributed by atoms with Gasteiger partial charge in [0.15, 0.2) is 0 Å². The lowest BCUT2D eigenvalue weighted by molar-refractivity contribution is 0.0827. The zero-order chi connectivity index (χ0) is 13.0. The van der Waals surface area contributed by atoms with Crippen molar-refractivity contribution in [3.63, 3.8) is 0 Å². The smallest absolute Gasteiger partial charge is 0.253 e. The Bertz CT molecular complexity index is 446. The first-order valence-electron chi connectivity index (χ1n) is 5.27. The number of aryl methyl sites for hydroxylation is 2. The van der Waals surface area contributed by atoms with E-state index in [1.54, 1.807) is 25.1 Å². The fraction of sp³-hybridized carbons (Fsp3) is 0.417. The third kappa shape index (κ3) is 4.13. The van der Waals surface area contributed by atoms with Gasteiger partial charge in [-0.25, -0.2) is 4.21 Å². The highest BCUT2D eigenvalue weighted by Gasteiger charge is 2.09. The first-order chi connectivity index (χ1) is 7.91. The van der Waals surface area contributed by atoms with Crippen LogP contribution in [0.2, 0.25) is 0 Å². The molecule has 1 atom stereocenters. The van der Waals surface area contributed by atoms with Crippen LogP contribution in [-0.4, -0.2) is 34.9 Å². The summed E-state index contributed by atoms with van der Waals surface area (Å²) in [5.41, 5.74) is 2.78. The molecule has 0 bridgehead atoms. The predicted octanol–water partition coefficient (Wildman–Crippen LogP) is 2.14. The highest BCUT2D eigenvalue weighted by Crippen LogP contribution is 2.13. The second-order valence-electron chi connectivity index (χ2n) is 4.08. The molecule has 1 rings (SSSR count). The second kappa shape index (κ2) is 6.17. The molecule has 0 aliphatic rings. The van der Waals surface area contributed by atoms with Crippen LogP contribution in [-0.2, 0) is 16.4 Å². The molecule has 1 amide bonds. The molecule has 1 aromatic rings. The van der Waals surface area contributed by atoms with Gasteiger partial charge in [0.1, 0.15) is 10.0 Å². The molecule has 1 unspecified atom stereocenters. The van der Waals surface area contributed by atoms with Gasteiger partial charge in [-0.05, 0) is 47.3 Å². The summed E-state index contributed by atoms with van der Waals surface area (Å²) in [6.45, 7) is 1.94. The third-order valence-corrected chi connectivity index (χ3v) is 3.52. The molecule has 0 saturated heterocycles. The van der Waals surface area contributed by atoms with E-state index in [2.05, 4.69) is 0 Å². The molecule has 1 aromatic carbocycles. The Morgan fingerprint density at radius 2 is 2.06 bits per heavy atom. The van der Waals surface area contributed by atoms with Crippen molar-refractivity contribution in [2.45, 2.75) is 13.3 Å². The van der Waals surface area contributed by atoms with E-state index < -0.39 is 10.0 Å². The SMILES string of the molecule is Cc1cc(C(=O)N(C)C)ccc1CCS(=O)Cl. The van der Waals surface area contributed by atoms with E-state index >= 15 is 0 Å². The summed E-state index contributed by atoms with van der Waals surface area (Å²) < 4.78 is 10.8. The van der Waals surface area contributed by atoms with Gasteiger partial charge in [0.2, 0.25) is 0 Å². The molecule has 0 saturated carbocycles. The summed E-state index contributed by atoms with van der Waals surface area (Å²) in [6.07, 6.45) is 0.665. The quantitative estimate of drug-likeness (QED) is 0.789. The van der Waals surface area contributed by atoms with E-state index in [1.165, 1.54) is 0 Å². The van der Waals surface area contributed by atoms with E-state index in [9.17, 15) is 9.00 Å². The Morgan fingerprint density at radius 1 is 1.41 bits per heavy atom. The van der Waals surface area contributed by atoms with Crippen LogP contribution in [0.5, 0.6) is 0 Å². The van der Waals surface area contributed by atoms with Crippen LogP contribution in [0.4, 0.5) is 0 Å². The van der Waals surface area contributed by atoms with Crippen molar-refractivity contribution in [1.29, 1.82) is 0 Å². The number of carbonyl (C=O) groups is 1. The predicted molar refractivity (Wildman–Crippen MR) is 71.8 cm³/mol. The lowest BCUT2D eigenvalue weighted by Gasteiger charge is -2.12. The summed E-state index contributed by atoms with van der Waals surface area (Å²) in [7, 11) is 7.56. The summed E-state index contributed by atoms with van der Waals surface area (Å²) in [5, 5.41) is 0. The molecule has 17 heavy (non-hydrogen) atoms. The van der Waals surface area contributed by atoms with Gasteiger partial charge in [-0.15, -0.1) is 0 Å². The summed E-state index contributed by atoms with van der Waals surface area (Å²) in [5.74, 6) is 0.421. The van der Waals surface area contributed by atoms with Gasteiger partial charge < -0.3 is 4.90 Å². The topological polar surface area (TPSA) is 37.4 Å². The molecular formula is C12H16ClNO2S. The highest BCUT2D eigenvalue weighted by atomic mass is 35.7. The molecular weight excluding hydrogens is 258 g/mol. The highest BCUT2D eigenvalue weighted by molar-refractivity contribution is 8.08. The molecule has 3 nitrogen and oxygen atoms in total. The zero-order valence-electron chi connectivity index (χ0n) is 10.2. The van der Waals surface area contributed by atoms with E-state index in [0.717, 1.165) is 11.1 Å². The minimum atomic E-state index is -1.30. The first-order valence-corrected chi connectivity index (χ1v) is 7.42. The number of carbonyl (C=O) groups excluding carboxylic acids is 1. The van der Waals surface area contributed by atoms with Crippen molar-refractivity contribution in [1.82, 2.24) is 4.90 Å². The van der Waals surface area contributed by atoms with Crippen molar-refractivity contribution < 1.29 is 9.00 Å². The van der Waals surface area contributed by atoms with E-state index in [-0.39, 0.29) is 5.91 Å². The molecule has 0 N–H and O–H groups in total. The van der Waals surface area contributed by atoms with Gasteiger partial charge in [0.25, 0.3) is 5.91 Å². The van der Waals surface area contributed by atoms with Gasteiger partial charge in [-0.2, -0.15) is 0 Å². The minimum Gasteiger partial charge on any atom is -0.345 e. The van der Waals surface area contributed by atoms with Crippen LogP contribution in [0.3, 0.4) is 0 Å². The van der Waals surface area contributed by atoms with Crippen LogP contribution in [0, 0.1) is 6.92 Å². The molecule has 5 heteroatoms. The molecule has 0 aromatic heterocycles. The Labute approximate surface area is 109 Å². The molecule has 0 spiro atoms. The van der Waals surface area contributed by atoms with E-state index in [0.29, 0.717) is 17.7 Å². The van der Waals surface area contributed by atoms with Crippen molar-refractivity contribution in [3.05, 3.63) is 34.9 Å². The van der Waals surface area contributed by atoms with E-state index in [1.807, 2.05) is 19.1 Å². The summed E-state index contributed by atoms with van der Waals surface area (Å²) in [4.78, 5) is 13.3. The Hall–Kier alpha value is -0.870. The number of nitrogens with zero attached hydrogens (tertiary/aromatic N) is 1. The number of rotatable bonds is 4. The molecule has 0 aliphatic carbocycles. The van der Waals surface area contributed by atoms with Crippen molar-refractivity contribution in [2.24, 2.45) is 0 Å². The molecule has 0 radical (unpaired) electrons. The van der Waals surface area contributed by atoms with Crippen LogP contribution in [0.25, 0.3) is 0 Å². The third-order valence-electron chi connectivity index (χ3n) is 2.53. The molecule has 0 fully saturated rings. The number of hydrogen-bond acceptors (Lipinski definition) is 2. The van der Waals surface area contributed by atoms with Crippen molar-refractivity contribution in [2.75, 3.05) is 19.8 Å². The average molecular weight is 274 g/mol. The molecule has 0 aliphatic heterocycles. The normalized spacial score (nSPS) is 12.2. The molecule has 0 heterocycles. The standard InChI is InChI=1S/C12H16ClNO2S/c1-9-8-11(12(15)14(2)3)5-4-10(9)6-7-17(13)16/h4-5,8H,6-7H2,1-3H3. The van der Waals surface area contributed by atoms with Gasteiger partial charge in [-0.1, -0.05) is 6.07 Å². The average Bonchev–Trinajstić information content (AvgIpc) is 2.26. The lowest BCUT2D eigenvalue weighted by Crippen LogP contribution is -2.21. The number of halogens is 1. The second-order valence-corrected chi connectivity index (χ2v) is 6.11. The Morgan fingerprint density at radius 3 is 2.53 bits per heavy atom. The summed E-state index contributed by atoms with van der Waals surface area (Å²) >= 11 is 0. The molecule has 94 valence electrons. The van der Waals surface area contributed by atoms with Gasteiger partial charge in [0, 0.05) is 25.4 Å². The van der Waals surface area contributed by atoms with Crippen LogP contribution < -0.4 is 0 Å². The number of hydrogen-bond donors (Lipinski definition) is 0. The fourth-order valence-corrected chi connectivity index (χ4v) is 2.17. The maximum atomic E-state index is 11.7. The van der Waals surface area contributed by atoms with E-state index in [4.69, 9.17) is 10.7 Å². The Kier molecular flexibility index (Phi) is 5.15. The maximum Gasteiger partial charge on any atom is 0.253 e. The zero-order valence-corrected chi connectivity index (χ0v) is 11.8. The lowest BCUT2D eigenvalue weighted by atomic mass is 10.0. The van der Waals surface area contributed by atoms with Crippen LogP contribution in [0.15, 0.2) is 18.2 Å². The monoisotopic (exact) mass is 273 g/mol. The maximum absolute atomic E-state index is 11.7. The number of amides is 1. The first kappa shape index (κ1) is 14.2. The minimum absolute atomic E-state index is 0.0134. The fourth-order valence-electron chi connectivity index (χ4n) is 1.56. The Balaban J connectivity index is 2.86. The van der Waals surface area contributed by atoms with Crippen molar-refractivity contribution in [3.8, 4) is 0 Å². The van der Waals surface area contributed by atoms with Crippen LogP contribution >= 0.6 is 10.7 Å². The summed E-state index contributed by atoms with van der Waals surface area (Å²) in [6, 6.07) is 5.55. The van der Waals surface area contributed by atoms with Crippen LogP contribution in [0.1, 0.15) is 21.5 Å².